The molecular weight excluding hydrogens is 477 g/mol. The number of rotatable bonds is 5. The standard InChI is InChI=1S/C21H20BrF3N4O2/c1-20(2,31-16-10-9-12(11-15(16)22)18(30)26-3)19-28-27-17(29(19)4)13-7-5-6-8-14(13)21(23,24)25/h5-11H,1-4H3,(H,26,30). The zero-order valence-corrected chi connectivity index (χ0v) is 18.8. The first-order valence-corrected chi connectivity index (χ1v) is 10.0. The second-order valence-corrected chi connectivity index (χ2v) is 8.14. The van der Waals surface area contributed by atoms with Gasteiger partial charge in [-0.25, -0.2) is 0 Å². The van der Waals surface area contributed by atoms with Crippen LogP contribution in [0.2, 0.25) is 0 Å². The molecule has 0 bridgehead atoms. The molecule has 1 amide bonds. The van der Waals surface area contributed by atoms with Crippen molar-refractivity contribution in [3.8, 4) is 17.1 Å². The van der Waals surface area contributed by atoms with Gasteiger partial charge in [-0.1, -0.05) is 18.2 Å². The first kappa shape index (κ1) is 22.8. The average Bonchev–Trinajstić information content (AvgIpc) is 3.10. The molecule has 0 aliphatic rings. The molecule has 2 aromatic carbocycles. The quantitative estimate of drug-likeness (QED) is 0.543. The lowest BCUT2D eigenvalue weighted by Crippen LogP contribution is -2.29. The Hall–Kier alpha value is -2.88. The minimum atomic E-state index is -4.52. The summed E-state index contributed by atoms with van der Waals surface area (Å²) >= 11 is 3.39. The molecule has 10 heteroatoms. The Balaban J connectivity index is 1.97. The summed E-state index contributed by atoms with van der Waals surface area (Å²) in [4.78, 5) is 11.8. The van der Waals surface area contributed by atoms with Crippen molar-refractivity contribution >= 4 is 21.8 Å². The average molecular weight is 497 g/mol. The van der Waals surface area contributed by atoms with E-state index in [1.807, 2.05) is 0 Å². The zero-order valence-electron chi connectivity index (χ0n) is 17.2. The van der Waals surface area contributed by atoms with E-state index in [0.29, 0.717) is 21.6 Å². The van der Waals surface area contributed by atoms with Gasteiger partial charge in [0.1, 0.15) is 5.75 Å². The third kappa shape index (κ3) is 4.58. The second-order valence-electron chi connectivity index (χ2n) is 7.29. The molecule has 0 aliphatic heterocycles. The monoisotopic (exact) mass is 496 g/mol. The van der Waals surface area contributed by atoms with Crippen molar-refractivity contribution in [2.45, 2.75) is 25.6 Å². The Kier molecular flexibility index (Phi) is 6.13. The molecule has 3 rings (SSSR count). The van der Waals surface area contributed by atoms with E-state index in [-0.39, 0.29) is 17.3 Å². The van der Waals surface area contributed by atoms with Crippen molar-refractivity contribution in [1.82, 2.24) is 20.1 Å². The highest BCUT2D eigenvalue weighted by Gasteiger charge is 2.36. The fourth-order valence-corrected chi connectivity index (χ4v) is 3.66. The summed E-state index contributed by atoms with van der Waals surface area (Å²) in [5.41, 5.74) is -1.44. The molecule has 1 N–H and O–H groups in total. The largest absolute Gasteiger partial charge is 0.479 e. The maximum Gasteiger partial charge on any atom is 0.417 e. The minimum Gasteiger partial charge on any atom is -0.479 e. The van der Waals surface area contributed by atoms with Crippen LogP contribution in [0.1, 0.15) is 35.6 Å². The van der Waals surface area contributed by atoms with Crippen LogP contribution in [0.3, 0.4) is 0 Å². The zero-order chi connectivity index (χ0) is 23.0. The van der Waals surface area contributed by atoms with Crippen LogP contribution in [0, 0.1) is 0 Å². The maximum atomic E-state index is 13.4. The van der Waals surface area contributed by atoms with E-state index in [1.165, 1.54) is 29.8 Å². The van der Waals surface area contributed by atoms with Crippen LogP contribution < -0.4 is 10.1 Å². The summed E-state index contributed by atoms with van der Waals surface area (Å²) in [5.74, 6) is 0.612. The number of carbonyl (C=O) groups is 1. The van der Waals surface area contributed by atoms with Crippen LogP contribution in [0.15, 0.2) is 46.9 Å². The summed E-state index contributed by atoms with van der Waals surface area (Å²) in [6, 6.07) is 10.1. The number of nitrogens with zero attached hydrogens (tertiary/aromatic N) is 3. The van der Waals surface area contributed by atoms with Crippen molar-refractivity contribution in [3.63, 3.8) is 0 Å². The molecule has 6 nitrogen and oxygen atoms in total. The number of hydrogen-bond donors (Lipinski definition) is 1. The van der Waals surface area contributed by atoms with E-state index < -0.39 is 17.3 Å². The Morgan fingerprint density at radius 3 is 2.42 bits per heavy atom. The molecule has 164 valence electrons. The fourth-order valence-electron chi connectivity index (χ4n) is 3.20. The van der Waals surface area contributed by atoms with Crippen LogP contribution >= 0.6 is 15.9 Å². The van der Waals surface area contributed by atoms with E-state index in [1.54, 1.807) is 39.1 Å². The number of halogens is 4. The van der Waals surface area contributed by atoms with Gasteiger partial charge in [-0.2, -0.15) is 13.2 Å². The highest BCUT2D eigenvalue weighted by atomic mass is 79.9. The predicted molar refractivity (Wildman–Crippen MR) is 113 cm³/mol. The van der Waals surface area contributed by atoms with Gasteiger partial charge in [0.25, 0.3) is 5.91 Å². The molecule has 1 aromatic heterocycles. The van der Waals surface area contributed by atoms with Gasteiger partial charge in [-0.15, -0.1) is 10.2 Å². The number of aromatic nitrogens is 3. The van der Waals surface area contributed by atoms with Crippen LogP contribution in [-0.4, -0.2) is 27.7 Å². The highest BCUT2D eigenvalue weighted by Crippen LogP contribution is 2.38. The molecule has 0 saturated heterocycles. The van der Waals surface area contributed by atoms with E-state index >= 15 is 0 Å². The van der Waals surface area contributed by atoms with Gasteiger partial charge in [0.15, 0.2) is 17.2 Å². The Morgan fingerprint density at radius 1 is 1.13 bits per heavy atom. The van der Waals surface area contributed by atoms with Crippen molar-refractivity contribution in [2.24, 2.45) is 7.05 Å². The highest BCUT2D eigenvalue weighted by molar-refractivity contribution is 9.10. The van der Waals surface area contributed by atoms with Crippen molar-refractivity contribution in [3.05, 3.63) is 63.9 Å². The van der Waals surface area contributed by atoms with Gasteiger partial charge >= 0.3 is 6.18 Å². The van der Waals surface area contributed by atoms with Crippen molar-refractivity contribution in [2.75, 3.05) is 7.05 Å². The third-order valence-corrected chi connectivity index (χ3v) is 5.29. The van der Waals surface area contributed by atoms with Crippen LogP contribution in [0.5, 0.6) is 5.75 Å². The molecule has 0 saturated carbocycles. The first-order valence-electron chi connectivity index (χ1n) is 9.23. The summed E-state index contributed by atoms with van der Waals surface area (Å²) in [6.45, 7) is 3.46. The summed E-state index contributed by atoms with van der Waals surface area (Å²) in [7, 11) is 3.12. The lowest BCUT2D eigenvalue weighted by atomic mass is 10.1. The number of carbonyl (C=O) groups excluding carboxylic acids is 1. The molecule has 0 radical (unpaired) electrons. The molecule has 0 unspecified atom stereocenters. The number of benzene rings is 2. The second kappa shape index (κ2) is 8.33. The van der Waals surface area contributed by atoms with Gasteiger partial charge in [-0.05, 0) is 54.0 Å². The van der Waals surface area contributed by atoms with Gasteiger partial charge < -0.3 is 14.6 Å². The molecule has 3 aromatic rings. The van der Waals surface area contributed by atoms with E-state index in [9.17, 15) is 18.0 Å². The van der Waals surface area contributed by atoms with Gasteiger partial charge in [0.2, 0.25) is 0 Å². The molecule has 0 aliphatic carbocycles. The normalized spacial score (nSPS) is 12.0. The van der Waals surface area contributed by atoms with Gasteiger partial charge in [0.05, 0.1) is 10.0 Å². The molecule has 31 heavy (non-hydrogen) atoms. The van der Waals surface area contributed by atoms with Crippen LogP contribution in [0.4, 0.5) is 13.2 Å². The Labute approximate surface area is 185 Å². The smallest absolute Gasteiger partial charge is 0.417 e. The van der Waals surface area contributed by atoms with Crippen LogP contribution in [-0.2, 0) is 18.8 Å². The molecule has 0 spiro atoms. The van der Waals surface area contributed by atoms with Crippen LogP contribution in [0.25, 0.3) is 11.4 Å². The number of amides is 1. The first-order chi connectivity index (χ1) is 14.5. The van der Waals surface area contributed by atoms with Crippen molar-refractivity contribution in [1.29, 1.82) is 0 Å². The maximum absolute atomic E-state index is 13.4. The number of nitrogens with one attached hydrogen (secondary N) is 1. The fraction of sp³-hybridized carbons (Fsp3) is 0.286. The molecule has 1 heterocycles. The summed E-state index contributed by atoms with van der Waals surface area (Å²) < 4.78 is 48.4. The van der Waals surface area contributed by atoms with Gasteiger partial charge in [-0.3, -0.25) is 4.79 Å². The lowest BCUT2D eigenvalue weighted by molar-refractivity contribution is -0.137. The molecule has 0 fully saturated rings. The van der Waals surface area contributed by atoms with E-state index in [4.69, 9.17) is 4.74 Å². The summed E-state index contributed by atoms with van der Waals surface area (Å²) in [5, 5.41) is 10.7. The van der Waals surface area contributed by atoms with E-state index in [2.05, 4.69) is 31.4 Å². The number of ether oxygens (including phenoxy) is 1. The topological polar surface area (TPSA) is 69.0 Å². The SMILES string of the molecule is CNC(=O)c1ccc(OC(C)(C)c2nnc(-c3ccccc3C(F)(F)F)n2C)c(Br)c1. The summed E-state index contributed by atoms with van der Waals surface area (Å²) in [6.07, 6.45) is -4.52. The Bertz CT molecular complexity index is 1130. The Morgan fingerprint density at radius 2 is 1.81 bits per heavy atom. The number of alkyl halides is 3. The predicted octanol–water partition coefficient (Wildman–Crippen LogP) is 4.94. The molecule has 0 atom stereocenters. The molecular formula is C21H20BrF3N4O2. The minimum absolute atomic E-state index is 0.0665. The third-order valence-electron chi connectivity index (χ3n) is 4.67. The number of hydrogen-bond acceptors (Lipinski definition) is 4. The van der Waals surface area contributed by atoms with Gasteiger partial charge in [0, 0.05) is 25.2 Å². The van der Waals surface area contributed by atoms with E-state index in [0.717, 1.165) is 6.07 Å². The lowest BCUT2D eigenvalue weighted by Gasteiger charge is -2.26. The van der Waals surface area contributed by atoms with Crippen molar-refractivity contribution < 1.29 is 22.7 Å².